The molecule has 2 N–H and O–H groups in total. The summed E-state index contributed by atoms with van der Waals surface area (Å²) in [6, 6.07) is 5.40. The van der Waals surface area contributed by atoms with Gasteiger partial charge in [0.2, 0.25) is 0 Å². The number of hydrogen-bond acceptors (Lipinski definition) is 7. The van der Waals surface area contributed by atoms with Crippen LogP contribution in [0.3, 0.4) is 0 Å². The van der Waals surface area contributed by atoms with Crippen molar-refractivity contribution in [3.63, 3.8) is 0 Å². The van der Waals surface area contributed by atoms with Gasteiger partial charge in [-0.05, 0) is 36.1 Å². The molecule has 1 aromatic carbocycles. The highest BCUT2D eigenvalue weighted by atomic mass is 32.2. The van der Waals surface area contributed by atoms with Gasteiger partial charge >= 0.3 is 0 Å². The lowest BCUT2D eigenvalue weighted by Gasteiger charge is -2.18. The Morgan fingerprint density at radius 2 is 2.07 bits per heavy atom. The molecule has 0 radical (unpaired) electrons. The van der Waals surface area contributed by atoms with Gasteiger partial charge in [-0.25, -0.2) is 17.9 Å². The maximum atomic E-state index is 12.9. The molecule has 1 aromatic rings. The molecule has 27 heavy (non-hydrogen) atoms. The molecule has 8 nitrogen and oxygen atoms in total. The lowest BCUT2D eigenvalue weighted by molar-refractivity contribution is -0.173. The lowest BCUT2D eigenvalue weighted by atomic mass is 10.2. The van der Waals surface area contributed by atoms with E-state index in [0.29, 0.717) is 18.1 Å². The Labute approximate surface area is 160 Å². The number of carbonyl (C=O) groups excluding carboxylic acids is 2. The average Bonchev–Trinajstić information content (AvgIpc) is 2.97. The van der Waals surface area contributed by atoms with E-state index < -0.39 is 33.2 Å². The molecular formula is C16H19FN2O6S2. The Morgan fingerprint density at radius 1 is 1.41 bits per heavy atom. The summed E-state index contributed by atoms with van der Waals surface area (Å²) in [7, 11) is -1.84. The number of sulfone groups is 1. The summed E-state index contributed by atoms with van der Waals surface area (Å²) < 4.78 is 38.0. The van der Waals surface area contributed by atoms with Crippen LogP contribution in [0.2, 0.25) is 0 Å². The van der Waals surface area contributed by atoms with Crippen LogP contribution in [-0.2, 0) is 30.8 Å². The monoisotopic (exact) mass is 418 g/mol. The lowest BCUT2D eigenvalue weighted by Crippen LogP contribution is -2.29. The summed E-state index contributed by atoms with van der Waals surface area (Å²) in [6.07, 6.45) is 1.10. The first-order chi connectivity index (χ1) is 12.7. The Kier molecular flexibility index (Phi) is 7.22. The quantitative estimate of drug-likeness (QED) is 0.295. The molecule has 0 bridgehead atoms. The molecule has 11 heteroatoms. The van der Waals surface area contributed by atoms with Gasteiger partial charge in [0.1, 0.15) is 5.82 Å². The van der Waals surface area contributed by atoms with Crippen LogP contribution >= 0.6 is 11.9 Å². The zero-order chi connectivity index (χ0) is 20.0. The highest BCUT2D eigenvalue weighted by Gasteiger charge is 2.29. The smallest absolute Gasteiger partial charge is 0.296 e. The van der Waals surface area contributed by atoms with Gasteiger partial charge in [0, 0.05) is 5.25 Å². The van der Waals surface area contributed by atoms with Crippen molar-refractivity contribution in [1.29, 1.82) is 0 Å². The van der Waals surface area contributed by atoms with E-state index >= 15 is 0 Å². The fraction of sp³-hybridized carbons (Fsp3) is 0.375. The van der Waals surface area contributed by atoms with Crippen molar-refractivity contribution >= 4 is 33.6 Å². The number of hydrogen-bond donors (Lipinski definition) is 2. The first-order valence-corrected chi connectivity index (χ1v) is 10.6. The van der Waals surface area contributed by atoms with Gasteiger partial charge in [0.15, 0.2) is 15.6 Å². The Balaban J connectivity index is 1.90. The van der Waals surface area contributed by atoms with Gasteiger partial charge in [-0.1, -0.05) is 12.1 Å². The molecule has 1 unspecified atom stereocenters. The van der Waals surface area contributed by atoms with Crippen LogP contribution in [0.5, 0.6) is 0 Å². The summed E-state index contributed by atoms with van der Waals surface area (Å²) in [4.78, 5) is 28.9. The van der Waals surface area contributed by atoms with E-state index in [1.807, 2.05) is 0 Å². The van der Waals surface area contributed by atoms with E-state index in [2.05, 4.69) is 4.72 Å². The number of nitrogens with zero attached hydrogens (tertiary/aromatic N) is 1. The molecule has 0 spiro atoms. The van der Waals surface area contributed by atoms with E-state index in [1.165, 1.54) is 31.4 Å². The maximum absolute atomic E-state index is 12.9. The minimum absolute atomic E-state index is 0.0182. The van der Waals surface area contributed by atoms with Crippen LogP contribution in [0.15, 0.2) is 36.1 Å². The largest absolute Gasteiger partial charge is 0.503 e. The molecule has 1 saturated heterocycles. The van der Waals surface area contributed by atoms with Crippen LogP contribution in [0.25, 0.3) is 0 Å². The standard InChI is InChI=1S/C16H19FN2O6S2/c1-25-19(9-11-2-4-12(17)5-3-11)15(21)8-14(20)16(22)18-26-13-6-7-27(23,24)10-13/h2-5,8,13,20H,6-7,9-10H2,1H3,(H,18,22)/b14-8-. The van der Waals surface area contributed by atoms with Crippen molar-refractivity contribution in [1.82, 2.24) is 9.79 Å². The SMILES string of the molecule is CON(Cc1ccc(F)cc1)C(=O)/C=C(\O)C(=O)NSC1CCS(=O)(=O)C1. The zero-order valence-electron chi connectivity index (χ0n) is 14.4. The molecule has 1 heterocycles. The van der Waals surface area contributed by atoms with Gasteiger partial charge in [0.05, 0.1) is 31.2 Å². The summed E-state index contributed by atoms with van der Waals surface area (Å²) in [5.41, 5.74) is 0.585. The fourth-order valence-corrected chi connectivity index (χ4v) is 5.49. The van der Waals surface area contributed by atoms with Crippen molar-refractivity contribution in [3.8, 4) is 0 Å². The van der Waals surface area contributed by atoms with Gasteiger partial charge in [-0.15, -0.1) is 0 Å². The maximum Gasteiger partial charge on any atom is 0.296 e. The van der Waals surface area contributed by atoms with Crippen LogP contribution in [-0.4, -0.2) is 54.3 Å². The molecule has 1 fully saturated rings. The third kappa shape index (κ3) is 6.52. The van der Waals surface area contributed by atoms with E-state index in [4.69, 9.17) is 4.84 Å². The van der Waals surface area contributed by atoms with Crippen LogP contribution < -0.4 is 4.72 Å². The topological polar surface area (TPSA) is 113 Å². The third-order valence-electron chi connectivity index (χ3n) is 3.71. The molecule has 1 atom stereocenters. The summed E-state index contributed by atoms with van der Waals surface area (Å²) in [6.45, 7) is -0.0182. The van der Waals surface area contributed by atoms with Crippen LogP contribution in [0, 0.1) is 5.82 Å². The predicted octanol–water partition coefficient (Wildman–Crippen LogP) is 1.11. The average molecular weight is 418 g/mol. The van der Waals surface area contributed by atoms with Gasteiger partial charge in [-0.3, -0.25) is 19.1 Å². The van der Waals surface area contributed by atoms with Gasteiger partial charge in [0.25, 0.3) is 11.8 Å². The molecule has 1 aliphatic rings. The van der Waals surface area contributed by atoms with E-state index in [9.17, 15) is 27.5 Å². The van der Waals surface area contributed by atoms with E-state index in [-0.39, 0.29) is 23.3 Å². The Bertz CT molecular complexity index is 826. The summed E-state index contributed by atoms with van der Waals surface area (Å²) >= 11 is 0.897. The van der Waals surface area contributed by atoms with E-state index in [1.54, 1.807) is 0 Å². The van der Waals surface area contributed by atoms with Gasteiger partial charge in [-0.2, -0.15) is 0 Å². The molecule has 2 rings (SSSR count). The Hall–Kier alpha value is -2.11. The molecular weight excluding hydrogens is 399 g/mol. The number of aliphatic hydroxyl groups is 1. The van der Waals surface area contributed by atoms with Crippen molar-refractivity contribution in [2.45, 2.75) is 18.2 Å². The summed E-state index contributed by atoms with van der Waals surface area (Å²) in [5.74, 6) is -2.95. The molecule has 1 aliphatic heterocycles. The fourth-order valence-electron chi connectivity index (χ4n) is 2.29. The van der Waals surface area contributed by atoms with Gasteiger partial charge < -0.3 is 5.11 Å². The highest BCUT2D eigenvalue weighted by molar-refractivity contribution is 8.00. The number of hydroxylamine groups is 2. The number of rotatable bonds is 7. The number of halogens is 1. The highest BCUT2D eigenvalue weighted by Crippen LogP contribution is 2.22. The predicted molar refractivity (Wildman–Crippen MR) is 97.5 cm³/mol. The molecule has 0 aromatic heterocycles. The van der Waals surface area contributed by atoms with Crippen LogP contribution in [0.1, 0.15) is 12.0 Å². The minimum atomic E-state index is -3.08. The molecule has 0 saturated carbocycles. The first-order valence-electron chi connectivity index (χ1n) is 7.87. The Morgan fingerprint density at radius 3 is 2.63 bits per heavy atom. The van der Waals surface area contributed by atoms with Crippen LogP contribution in [0.4, 0.5) is 4.39 Å². The first kappa shape index (κ1) is 21.2. The number of benzene rings is 1. The minimum Gasteiger partial charge on any atom is -0.503 e. The zero-order valence-corrected chi connectivity index (χ0v) is 16.1. The number of nitrogens with one attached hydrogen (secondary N) is 1. The normalized spacial score (nSPS) is 18.9. The van der Waals surface area contributed by atoms with Crippen molar-refractivity contribution in [2.75, 3.05) is 18.6 Å². The molecule has 148 valence electrons. The van der Waals surface area contributed by atoms with Crippen molar-refractivity contribution in [3.05, 3.63) is 47.5 Å². The second kappa shape index (κ2) is 9.20. The number of carbonyl (C=O) groups is 2. The number of aliphatic hydroxyl groups excluding tert-OH is 1. The van der Waals surface area contributed by atoms with Crippen molar-refractivity contribution in [2.24, 2.45) is 0 Å². The van der Waals surface area contributed by atoms with E-state index in [0.717, 1.165) is 17.0 Å². The number of amides is 2. The second-order valence-corrected chi connectivity index (χ2v) is 9.12. The van der Waals surface area contributed by atoms with Crippen molar-refractivity contribution < 1.29 is 32.3 Å². The molecule has 0 aliphatic carbocycles. The summed E-state index contributed by atoms with van der Waals surface area (Å²) in [5, 5.41) is 10.4. The second-order valence-electron chi connectivity index (χ2n) is 5.79. The molecule has 2 amide bonds. The third-order valence-corrected chi connectivity index (χ3v) is 6.73.